The highest BCUT2D eigenvalue weighted by molar-refractivity contribution is 6.36. The maximum atomic E-state index is 8.93. The number of hydrogen-bond donors (Lipinski definition) is 1. The third kappa shape index (κ3) is 3.77. The van der Waals surface area contributed by atoms with Crippen molar-refractivity contribution >= 4 is 23.2 Å². The molecule has 4 heteroatoms. The van der Waals surface area contributed by atoms with E-state index in [1.165, 1.54) is 18.4 Å². The number of aliphatic hydroxyl groups is 1. The Labute approximate surface area is 95.5 Å². The van der Waals surface area contributed by atoms with Crippen LogP contribution in [0.5, 0.6) is 0 Å². The van der Waals surface area contributed by atoms with Crippen LogP contribution in [0.2, 0.25) is 0 Å². The smallest absolute Gasteiger partial charge is 0.0445 e. The average molecular weight is 238 g/mol. The number of hydrogen-bond acceptors (Lipinski definition) is 2. The summed E-state index contributed by atoms with van der Waals surface area (Å²) in [5.74, 6) is 0. The zero-order valence-corrected chi connectivity index (χ0v) is 9.77. The van der Waals surface area contributed by atoms with Crippen molar-refractivity contribution in [2.45, 2.75) is 31.7 Å². The van der Waals surface area contributed by atoms with Crippen LogP contribution in [0, 0.1) is 0 Å². The Morgan fingerprint density at radius 1 is 1.50 bits per heavy atom. The predicted molar refractivity (Wildman–Crippen MR) is 60.7 cm³/mol. The summed E-state index contributed by atoms with van der Waals surface area (Å²) in [5.41, 5.74) is 1.42. The lowest BCUT2D eigenvalue weighted by molar-refractivity contribution is 0.131. The summed E-state index contributed by atoms with van der Waals surface area (Å²) < 4.78 is 0. The molecule has 1 aliphatic rings. The topological polar surface area (TPSA) is 23.5 Å². The van der Waals surface area contributed by atoms with E-state index in [-0.39, 0.29) is 6.61 Å². The van der Waals surface area contributed by atoms with Gasteiger partial charge in [-0.15, -0.1) is 0 Å². The van der Waals surface area contributed by atoms with Gasteiger partial charge in [0.25, 0.3) is 0 Å². The summed E-state index contributed by atoms with van der Waals surface area (Å²) in [6.07, 6.45) is 4.47. The molecule has 1 atom stereocenters. The SMILES string of the molecule is OCCC1CCCCN1CC(Cl)=CCl. The van der Waals surface area contributed by atoms with E-state index < -0.39 is 0 Å². The zero-order valence-electron chi connectivity index (χ0n) is 8.25. The normalized spacial score (nSPS) is 25.4. The number of likely N-dealkylation sites (tertiary alicyclic amines) is 1. The average Bonchev–Trinajstić information content (AvgIpc) is 2.21. The van der Waals surface area contributed by atoms with E-state index >= 15 is 0 Å². The molecule has 1 fully saturated rings. The van der Waals surface area contributed by atoms with Crippen LogP contribution in [-0.4, -0.2) is 35.7 Å². The van der Waals surface area contributed by atoms with Crippen LogP contribution in [0.4, 0.5) is 0 Å². The van der Waals surface area contributed by atoms with Gasteiger partial charge in [0, 0.05) is 29.8 Å². The molecule has 1 N–H and O–H groups in total. The standard InChI is InChI=1S/C10H17Cl2NO/c11-7-9(12)8-13-5-2-1-3-10(13)4-6-14/h7,10,14H,1-6,8H2. The van der Waals surface area contributed by atoms with Crippen molar-refractivity contribution in [3.8, 4) is 0 Å². The minimum Gasteiger partial charge on any atom is -0.396 e. The van der Waals surface area contributed by atoms with Gasteiger partial charge in [0.15, 0.2) is 0 Å². The molecule has 0 aliphatic carbocycles. The molecule has 82 valence electrons. The molecular formula is C10H17Cl2NO. The second-order valence-electron chi connectivity index (χ2n) is 3.69. The molecule has 0 aromatic rings. The molecule has 0 saturated carbocycles. The maximum Gasteiger partial charge on any atom is 0.0445 e. The largest absolute Gasteiger partial charge is 0.396 e. The van der Waals surface area contributed by atoms with Gasteiger partial charge in [-0.1, -0.05) is 29.6 Å². The van der Waals surface area contributed by atoms with Crippen LogP contribution in [0.15, 0.2) is 10.6 Å². The molecule has 0 aromatic heterocycles. The molecule has 0 spiro atoms. The lowest BCUT2D eigenvalue weighted by Crippen LogP contribution is -2.40. The second-order valence-corrected chi connectivity index (χ2v) is 4.39. The van der Waals surface area contributed by atoms with E-state index in [1.807, 2.05) is 0 Å². The zero-order chi connectivity index (χ0) is 10.4. The molecule has 1 saturated heterocycles. The van der Waals surface area contributed by atoms with Crippen molar-refractivity contribution < 1.29 is 5.11 Å². The fourth-order valence-corrected chi connectivity index (χ4v) is 2.20. The molecule has 0 amide bonds. The molecular weight excluding hydrogens is 221 g/mol. The van der Waals surface area contributed by atoms with Crippen molar-refractivity contribution in [2.24, 2.45) is 0 Å². The molecule has 14 heavy (non-hydrogen) atoms. The van der Waals surface area contributed by atoms with E-state index in [0.29, 0.717) is 11.1 Å². The summed E-state index contributed by atoms with van der Waals surface area (Å²) in [7, 11) is 0. The van der Waals surface area contributed by atoms with Gasteiger partial charge in [0.05, 0.1) is 0 Å². The number of nitrogens with zero attached hydrogens (tertiary/aromatic N) is 1. The lowest BCUT2D eigenvalue weighted by atomic mass is 10.00. The van der Waals surface area contributed by atoms with Crippen LogP contribution < -0.4 is 0 Å². The quantitative estimate of drug-likeness (QED) is 0.813. The van der Waals surface area contributed by atoms with Crippen molar-refractivity contribution in [2.75, 3.05) is 19.7 Å². The van der Waals surface area contributed by atoms with E-state index in [2.05, 4.69) is 4.90 Å². The van der Waals surface area contributed by atoms with E-state index in [9.17, 15) is 0 Å². The fraction of sp³-hybridized carbons (Fsp3) is 0.800. The Kier molecular flexibility index (Phi) is 5.87. The minimum absolute atomic E-state index is 0.253. The van der Waals surface area contributed by atoms with Crippen LogP contribution in [-0.2, 0) is 0 Å². The Morgan fingerprint density at radius 2 is 2.29 bits per heavy atom. The van der Waals surface area contributed by atoms with Crippen molar-refractivity contribution in [3.63, 3.8) is 0 Å². The molecule has 2 nitrogen and oxygen atoms in total. The Bertz CT molecular complexity index is 195. The highest BCUT2D eigenvalue weighted by atomic mass is 35.5. The van der Waals surface area contributed by atoms with Crippen molar-refractivity contribution in [1.29, 1.82) is 0 Å². The van der Waals surface area contributed by atoms with Crippen LogP contribution in [0.1, 0.15) is 25.7 Å². The Morgan fingerprint density at radius 3 is 2.93 bits per heavy atom. The highest BCUT2D eigenvalue weighted by Gasteiger charge is 2.21. The predicted octanol–water partition coefficient (Wildman–Crippen LogP) is 2.54. The number of aliphatic hydroxyl groups excluding tert-OH is 1. The van der Waals surface area contributed by atoms with Gasteiger partial charge < -0.3 is 5.11 Å². The minimum atomic E-state index is 0.253. The van der Waals surface area contributed by atoms with Gasteiger partial charge in [-0.05, 0) is 25.8 Å². The number of rotatable bonds is 4. The fourth-order valence-electron chi connectivity index (χ4n) is 1.97. The number of piperidine rings is 1. The van der Waals surface area contributed by atoms with Gasteiger partial charge in [0.2, 0.25) is 0 Å². The Balaban J connectivity index is 2.45. The molecule has 0 aromatic carbocycles. The van der Waals surface area contributed by atoms with E-state index in [4.69, 9.17) is 28.3 Å². The van der Waals surface area contributed by atoms with Crippen LogP contribution in [0.3, 0.4) is 0 Å². The monoisotopic (exact) mass is 237 g/mol. The van der Waals surface area contributed by atoms with Gasteiger partial charge in [-0.2, -0.15) is 0 Å². The van der Waals surface area contributed by atoms with E-state index in [1.54, 1.807) is 0 Å². The third-order valence-electron chi connectivity index (χ3n) is 2.68. The van der Waals surface area contributed by atoms with Crippen LogP contribution in [0.25, 0.3) is 0 Å². The third-order valence-corrected chi connectivity index (χ3v) is 3.29. The van der Waals surface area contributed by atoms with Crippen molar-refractivity contribution in [1.82, 2.24) is 4.90 Å². The molecule has 0 radical (unpaired) electrons. The van der Waals surface area contributed by atoms with Crippen molar-refractivity contribution in [3.05, 3.63) is 10.6 Å². The molecule has 1 heterocycles. The maximum absolute atomic E-state index is 8.93. The Hall–Kier alpha value is 0.240. The van der Waals surface area contributed by atoms with Gasteiger partial charge >= 0.3 is 0 Å². The van der Waals surface area contributed by atoms with Crippen LogP contribution >= 0.6 is 23.2 Å². The molecule has 1 unspecified atom stereocenters. The molecule has 1 rings (SSSR count). The first-order valence-corrected chi connectivity index (χ1v) is 5.89. The summed E-state index contributed by atoms with van der Waals surface area (Å²) in [6.45, 7) is 2.03. The first-order chi connectivity index (χ1) is 6.77. The number of halogens is 2. The van der Waals surface area contributed by atoms with Gasteiger partial charge in [-0.25, -0.2) is 0 Å². The second kappa shape index (κ2) is 6.67. The lowest BCUT2D eigenvalue weighted by Gasteiger charge is -2.35. The molecule has 1 aliphatic heterocycles. The van der Waals surface area contributed by atoms with Gasteiger partial charge in [-0.3, -0.25) is 4.90 Å². The molecule has 0 bridgehead atoms. The first-order valence-electron chi connectivity index (χ1n) is 5.07. The summed E-state index contributed by atoms with van der Waals surface area (Å²) in [6, 6.07) is 0.471. The summed E-state index contributed by atoms with van der Waals surface area (Å²) in [5, 5.41) is 9.60. The van der Waals surface area contributed by atoms with E-state index in [0.717, 1.165) is 25.9 Å². The highest BCUT2D eigenvalue weighted by Crippen LogP contribution is 2.21. The van der Waals surface area contributed by atoms with Gasteiger partial charge in [0.1, 0.15) is 0 Å². The summed E-state index contributed by atoms with van der Waals surface area (Å²) in [4.78, 5) is 2.31. The first kappa shape index (κ1) is 12.3. The summed E-state index contributed by atoms with van der Waals surface area (Å²) >= 11 is 11.4.